The largest absolute Gasteiger partial charge is 0.459 e. The summed E-state index contributed by atoms with van der Waals surface area (Å²) in [4.78, 5) is 35.4. The molecule has 2 aromatic carbocycles. The summed E-state index contributed by atoms with van der Waals surface area (Å²) in [6.07, 6.45) is 0.481. The average Bonchev–Trinajstić information content (AvgIpc) is 2.75. The van der Waals surface area contributed by atoms with Gasteiger partial charge in [-0.25, -0.2) is 4.79 Å². The topological polar surface area (TPSA) is 108 Å². The minimum absolute atomic E-state index is 0.0746. The molecule has 0 aliphatic rings. The van der Waals surface area contributed by atoms with Crippen molar-refractivity contribution in [1.82, 2.24) is 5.32 Å². The molecule has 0 unspecified atom stereocenters. The molecule has 29 heavy (non-hydrogen) atoms. The molecular formula is C22H26N2O5. The Labute approximate surface area is 170 Å². The monoisotopic (exact) mass is 398 g/mol. The summed E-state index contributed by atoms with van der Waals surface area (Å²) < 4.78 is 10.2. The van der Waals surface area contributed by atoms with Crippen LogP contribution < -0.4 is 11.1 Å². The van der Waals surface area contributed by atoms with Crippen molar-refractivity contribution in [1.29, 1.82) is 0 Å². The maximum absolute atomic E-state index is 12.0. The molecule has 2 rings (SSSR count). The fraction of sp³-hybridized carbons (Fsp3) is 0.318. The number of carbonyl (C=O) groups excluding carboxylic acids is 3. The number of amides is 1. The van der Waals surface area contributed by atoms with E-state index in [-0.39, 0.29) is 44.5 Å². The Kier molecular flexibility index (Phi) is 9.54. The molecule has 0 heterocycles. The molecule has 154 valence electrons. The Morgan fingerprint density at radius 3 is 2.21 bits per heavy atom. The molecule has 0 fully saturated rings. The third kappa shape index (κ3) is 9.14. The number of nitrogens with two attached hydrogens (primary N) is 1. The zero-order chi connectivity index (χ0) is 20.9. The summed E-state index contributed by atoms with van der Waals surface area (Å²) >= 11 is 0. The smallest absolute Gasteiger partial charge is 0.332 e. The molecule has 7 heteroatoms. The highest BCUT2D eigenvalue weighted by Crippen LogP contribution is 2.02. The van der Waals surface area contributed by atoms with Crippen molar-refractivity contribution in [2.75, 3.05) is 19.8 Å². The van der Waals surface area contributed by atoms with Gasteiger partial charge in [0.2, 0.25) is 5.91 Å². The predicted octanol–water partition coefficient (Wildman–Crippen LogP) is 1.39. The van der Waals surface area contributed by atoms with Crippen LogP contribution in [0.25, 0.3) is 0 Å². The molecular weight excluding hydrogens is 372 g/mol. The second-order valence-corrected chi connectivity index (χ2v) is 6.50. The van der Waals surface area contributed by atoms with Gasteiger partial charge < -0.3 is 20.5 Å². The van der Waals surface area contributed by atoms with E-state index in [1.165, 1.54) is 0 Å². The molecule has 2 aromatic rings. The Morgan fingerprint density at radius 1 is 0.931 bits per heavy atom. The maximum atomic E-state index is 12.0. The first-order valence-corrected chi connectivity index (χ1v) is 9.41. The van der Waals surface area contributed by atoms with Gasteiger partial charge in [0, 0.05) is 6.42 Å². The van der Waals surface area contributed by atoms with Crippen LogP contribution in [-0.4, -0.2) is 43.5 Å². The number of carbonyl (C=O) groups is 3. The lowest BCUT2D eigenvalue weighted by atomic mass is 10.1. The summed E-state index contributed by atoms with van der Waals surface area (Å²) in [6, 6.07) is 18.0. The van der Waals surface area contributed by atoms with Crippen LogP contribution in [0.1, 0.15) is 17.5 Å². The van der Waals surface area contributed by atoms with E-state index in [9.17, 15) is 14.4 Å². The van der Waals surface area contributed by atoms with Gasteiger partial charge in [0.25, 0.3) is 0 Å². The molecule has 0 aliphatic carbocycles. The first kappa shape index (κ1) is 22.3. The number of Topliss-reactive ketones (excluding diaryl/α,β-unsaturated/α-hetero) is 1. The Hall–Kier alpha value is -3.03. The number of hydrogen-bond donors (Lipinski definition) is 2. The van der Waals surface area contributed by atoms with Crippen molar-refractivity contribution in [3.63, 3.8) is 0 Å². The number of ether oxygens (including phenoxy) is 2. The van der Waals surface area contributed by atoms with Gasteiger partial charge in [0.1, 0.15) is 13.2 Å². The quantitative estimate of drug-likeness (QED) is 0.413. The van der Waals surface area contributed by atoms with Gasteiger partial charge in [-0.1, -0.05) is 60.7 Å². The number of nitrogens with one attached hydrogen (secondary N) is 1. The second kappa shape index (κ2) is 12.4. The van der Waals surface area contributed by atoms with E-state index < -0.39 is 12.0 Å². The minimum atomic E-state index is -0.721. The van der Waals surface area contributed by atoms with E-state index in [0.29, 0.717) is 6.42 Å². The van der Waals surface area contributed by atoms with Crippen LogP contribution in [0.2, 0.25) is 0 Å². The van der Waals surface area contributed by atoms with Gasteiger partial charge >= 0.3 is 5.97 Å². The molecule has 7 nitrogen and oxygen atoms in total. The number of ketones is 1. The standard InChI is InChI=1S/C22H26N2O5/c23-20(13-17-7-3-1-4-8-17)22(27)24-14-19(25)11-12-28-16-21(26)29-15-18-9-5-2-6-10-18/h1-10,20H,11-16,23H2,(H,24,27)/t20-/m0/s1. The van der Waals surface area contributed by atoms with Crippen molar-refractivity contribution in [3.05, 3.63) is 71.8 Å². The van der Waals surface area contributed by atoms with Crippen LogP contribution in [0.4, 0.5) is 0 Å². The molecule has 3 N–H and O–H groups in total. The highest BCUT2D eigenvalue weighted by Gasteiger charge is 2.15. The highest BCUT2D eigenvalue weighted by atomic mass is 16.6. The average molecular weight is 398 g/mol. The van der Waals surface area contributed by atoms with Crippen LogP contribution in [0, 0.1) is 0 Å². The molecule has 1 amide bonds. The maximum Gasteiger partial charge on any atom is 0.332 e. The number of benzene rings is 2. The van der Waals surface area contributed by atoms with E-state index >= 15 is 0 Å². The van der Waals surface area contributed by atoms with Crippen molar-refractivity contribution in [3.8, 4) is 0 Å². The third-order valence-corrected chi connectivity index (χ3v) is 4.08. The molecule has 0 spiro atoms. The number of esters is 1. The van der Waals surface area contributed by atoms with Gasteiger partial charge in [-0.2, -0.15) is 0 Å². The fourth-order valence-electron chi connectivity index (χ4n) is 2.49. The van der Waals surface area contributed by atoms with E-state index in [2.05, 4.69) is 5.32 Å². The second-order valence-electron chi connectivity index (χ2n) is 6.50. The fourth-order valence-corrected chi connectivity index (χ4v) is 2.49. The van der Waals surface area contributed by atoms with Crippen molar-refractivity contribution < 1.29 is 23.9 Å². The lowest BCUT2D eigenvalue weighted by Gasteiger charge is -2.12. The zero-order valence-electron chi connectivity index (χ0n) is 16.2. The van der Waals surface area contributed by atoms with Crippen molar-refractivity contribution in [2.24, 2.45) is 5.73 Å². The van der Waals surface area contributed by atoms with Crippen LogP contribution in [0.15, 0.2) is 60.7 Å². The third-order valence-electron chi connectivity index (χ3n) is 4.08. The highest BCUT2D eigenvalue weighted by molar-refractivity contribution is 5.88. The lowest BCUT2D eigenvalue weighted by molar-refractivity contribution is -0.150. The molecule has 0 saturated heterocycles. The van der Waals surface area contributed by atoms with Gasteiger partial charge in [0.15, 0.2) is 5.78 Å². The summed E-state index contributed by atoms with van der Waals surface area (Å²) in [5, 5.41) is 2.53. The van der Waals surface area contributed by atoms with E-state index in [0.717, 1.165) is 11.1 Å². The van der Waals surface area contributed by atoms with Crippen LogP contribution in [0.3, 0.4) is 0 Å². The molecule has 0 aliphatic heterocycles. The lowest BCUT2D eigenvalue weighted by Crippen LogP contribution is -2.43. The molecule has 0 bridgehead atoms. The van der Waals surface area contributed by atoms with E-state index in [1.54, 1.807) is 0 Å². The van der Waals surface area contributed by atoms with Gasteiger partial charge in [-0.15, -0.1) is 0 Å². The summed E-state index contributed by atoms with van der Waals surface area (Å²) in [7, 11) is 0. The molecule has 0 aromatic heterocycles. The minimum Gasteiger partial charge on any atom is -0.459 e. The van der Waals surface area contributed by atoms with Crippen LogP contribution in [-0.2, 0) is 36.9 Å². The molecule has 0 radical (unpaired) electrons. The normalized spacial score (nSPS) is 11.5. The first-order valence-electron chi connectivity index (χ1n) is 9.41. The summed E-state index contributed by atoms with van der Waals surface area (Å²) in [6.45, 7) is -0.0972. The SMILES string of the molecule is N[C@@H](Cc1ccccc1)C(=O)NCC(=O)CCOCC(=O)OCc1ccccc1. The van der Waals surface area contributed by atoms with Crippen molar-refractivity contribution >= 4 is 17.7 Å². The van der Waals surface area contributed by atoms with Crippen molar-refractivity contribution in [2.45, 2.75) is 25.5 Å². The van der Waals surface area contributed by atoms with E-state index in [4.69, 9.17) is 15.2 Å². The molecule has 0 saturated carbocycles. The Bertz CT molecular complexity index is 780. The summed E-state index contributed by atoms with van der Waals surface area (Å²) in [5.41, 5.74) is 7.70. The number of hydrogen-bond acceptors (Lipinski definition) is 6. The van der Waals surface area contributed by atoms with E-state index in [1.807, 2.05) is 60.7 Å². The first-order chi connectivity index (χ1) is 14.0. The zero-order valence-corrected chi connectivity index (χ0v) is 16.2. The van der Waals surface area contributed by atoms with Crippen LogP contribution in [0.5, 0.6) is 0 Å². The molecule has 1 atom stereocenters. The van der Waals surface area contributed by atoms with Gasteiger partial charge in [-0.05, 0) is 17.5 Å². The van der Waals surface area contributed by atoms with Gasteiger partial charge in [-0.3, -0.25) is 9.59 Å². The summed E-state index contributed by atoms with van der Waals surface area (Å²) in [5.74, 6) is -1.09. The Morgan fingerprint density at radius 2 is 1.55 bits per heavy atom. The Balaban J connectivity index is 1.53. The van der Waals surface area contributed by atoms with Gasteiger partial charge in [0.05, 0.1) is 19.2 Å². The number of rotatable bonds is 12. The van der Waals surface area contributed by atoms with Crippen LogP contribution >= 0.6 is 0 Å². The predicted molar refractivity (Wildman–Crippen MR) is 108 cm³/mol.